The van der Waals surface area contributed by atoms with Gasteiger partial charge in [0.2, 0.25) is 0 Å². The van der Waals surface area contributed by atoms with E-state index in [9.17, 15) is 0 Å². The van der Waals surface area contributed by atoms with Gasteiger partial charge in [0.15, 0.2) is 0 Å². The molecule has 106 valence electrons. The summed E-state index contributed by atoms with van der Waals surface area (Å²) in [5, 5.41) is 4.15. The Hall–Kier alpha value is -0.940. The molecule has 19 heavy (non-hydrogen) atoms. The number of hydrogen-bond donors (Lipinski definition) is 2. The lowest BCUT2D eigenvalue weighted by Crippen LogP contribution is -2.03. The Morgan fingerprint density at radius 2 is 1.95 bits per heavy atom. The van der Waals surface area contributed by atoms with Crippen molar-refractivity contribution in [3.63, 3.8) is 0 Å². The Labute approximate surface area is 129 Å². The number of benzene rings is 1. The molecule has 0 atom stereocenters. The zero-order valence-electron chi connectivity index (χ0n) is 10.6. The maximum Gasteiger partial charge on any atom is 0.0503 e. The summed E-state index contributed by atoms with van der Waals surface area (Å²) in [6.07, 6.45) is 0.799. The van der Waals surface area contributed by atoms with Gasteiger partial charge in [-0.1, -0.05) is 0 Å². The smallest absolute Gasteiger partial charge is 0.0503 e. The van der Waals surface area contributed by atoms with Crippen molar-refractivity contribution in [2.45, 2.75) is 6.42 Å². The van der Waals surface area contributed by atoms with Crippen LogP contribution in [0.15, 0.2) is 29.0 Å². The number of ether oxygens (including phenoxy) is 1. The van der Waals surface area contributed by atoms with Gasteiger partial charge in [0.25, 0.3) is 0 Å². The molecule has 1 aromatic carbocycles. The van der Waals surface area contributed by atoms with Crippen LogP contribution in [-0.4, -0.2) is 13.7 Å². The molecule has 1 heterocycles. The Bertz CT molecular complexity index is 504. The minimum atomic E-state index is 0. The highest BCUT2D eigenvalue weighted by molar-refractivity contribution is 7.08. The van der Waals surface area contributed by atoms with Crippen molar-refractivity contribution < 1.29 is 4.74 Å². The molecule has 0 fully saturated rings. The quantitative estimate of drug-likeness (QED) is 0.846. The molecule has 0 amide bonds. The van der Waals surface area contributed by atoms with Crippen molar-refractivity contribution in [1.82, 2.24) is 0 Å². The van der Waals surface area contributed by atoms with Crippen LogP contribution in [0.1, 0.15) is 5.56 Å². The number of rotatable bonds is 4. The molecule has 0 aliphatic rings. The Morgan fingerprint density at radius 3 is 2.53 bits per heavy atom. The molecule has 0 bridgehead atoms. The number of thiophene rings is 1. The molecule has 2 aromatic rings. The normalized spacial score (nSPS) is 9.53. The summed E-state index contributed by atoms with van der Waals surface area (Å²) in [4.78, 5) is 0. The largest absolute Gasteiger partial charge is 0.399 e. The molecule has 0 saturated heterocycles. The van der Waals surface area contributed by atoms with Gasteiger partial charge in [-0.3, -0.25) is 0 Å². The third-order valence-electron chi connectivity index (χ3n) is 2.70. The number of methoxy groups -OCH3 is 1. The Morgan fingerprint density at radius 1 is 1.21 bits per heavy atom. The molecule has 1 aromatic heterocycles. The molecule has 3 nitrogen and oxygen atoms in total. The third-order valence-corrected chi connectivity index (χ3v) is 3.38. The highest BCUT2D eigenvalue weighted by Crippen LogP contribution is 2.32. The molecule has 2 rings (SSSR count). The molecule has 0 saturated carbocycles. The lowest BCUT2D eigenvalue weighted by molar-refractivity contribution is 0.202. The Balaban J connectivity index is 0.00000162. The van der Waals surface area contributed by atoms with E-state index in [1.165, 1.54) is 5.56 Å². The van der Waals surface area contributed by atoms with Gasteiger partial charge in [0, 0.05) is 18.5 Å². The van der Waals surface area contributed by atoms with Gasteiger partial charge < -0.3 is 16.2 Å². The van der Waals surface area contributed by atoms with Gasteiger partial charge in [-0.05, 0) is 52.1 Å². The van der Waals surface area contributed by atoms with Crippen LogP contribution in [0.25, 0.3) is 11.1 Å². The van der Waals surface area contributed by atoms with Crippen LogP contribution in [0.4, 0.5) is 11.4 Å². The SMILES string of the molecule is COCCc1c(N)cc(N)cc1-c1ccsc1.Cl.Cl. The maximum atomic E-state index is 6.04. The van der Waals surface area contributed by atoms with Crippen LogP contribution in [0, 0.1) is 0 Å². The van der Waals surface area contributed by atoms with Gasteiger partial charge >= 0.3 is 0 Å². The fourth-order valence-corrected chi connectivity index (χ4v) is 2.53. The fraction of sp³-hybridized carbons (Fsp3) is 0.231. The zero-order valence-corrected chi connectivity index (χ0v) is 13.0. The molecular formula is C13H18Cl2N2OS. The minimum Gasteiger partial charge on any atom is -0.399 e. The third kappa shape index (κ3) is 4.28. The van der Waals surface area contributed by atoms with Gasteiger partial charge in [-0.15, -0.1) is 24.8 Å². The monoisotopic (exact) mass is 320 g/mol. The van der Waals surface area contributed by atoms with Gasteiger partial charge in [0.05, 0.1) is 6.61 Å². The molecule has 0 aliphatic carbocycles. The first-order chi connectivity index (χ1) is 8.22. The van der Waals surface area contributed by atoms with Crippen molar-refractivity contribution in [3.8, 4) is 11.1 Å². The summed E-state index contributed by atoms with van der Waals surface area (Å²) >= 11 is 1.67. The van der Waals surface area contributed by atoms with Gasteiger partial charge in [0.1, 0.15) is 0 Å². The molecule has 0 radical (unpaired) electrons. The topological polar surface area (TPSA) is 61.3 Å². The first-order valence-electron chi connectivity index (χ1n) is 5.41. The first kappa shape index (κ1) is 18.1. The summed E-state index contributed by atoms with van der Waals surface area (Å²) in [6.45, 7) is 0.658. The number of halogens is 2. The Kier molecular flexibility index (Phi) is 7.87. The fourth-order valence-electron chi connectivity index (χ4n) is 1.88. The lowest BCUT2D eigenvalue weighted by Gasteiger charge is -2.12. The van der Waals surface area contributed by atoms with Crippen molar-refractivity contribution in [2.75, 3.05) is 25.2 Å². The summed E-state index contributed by atoms with van der Waals surface area (Å²) < 4.78 is 5.12. The molecule has 0 unspecified atom stereocenters. The van der Waals surface area contributed by atoms with Crippen LogP contribution in [-0.2, 0) is 11.2 Å². The van der Waals surface area contributed by atoms with Crippen molar-refractivity contribution in [1.29, 1.82) is 0 Å². The van der Waals surface area contributed by atoms with E-state index in [0.29, 0.717) is 12.3 Å². The second-order valence-corrected chi connectivity index (χ2v) is 4.67. The predicted molar refractivity (Wildman–Crippen MR) is 88.7 cm³/mol. The molecule has 0 spiro atoms. The van der Waals surface area contributed by atoms with E-state index in [1.807, 2.05) is 6.07 Å². The average Bonchev–Trinajstić information content (AvgIpc) is 2.80. The molecular weight excluding hydrogens is 303 g/mol. The second-order valence-electron chi connectivity index (χ2n) is 3.89. The van der Waals surface area contributed by atoms with Crippen LogP contribution in [0.5, 0.6) is 0 Å². The zero-order chi connectivity index (χ0) is 12.3. The molecule has 6 heteroatoms. The minimum absolute atomic E-state index is 0. The van der Waals surface area contributed by atoms with E-state index in [0.717, 1.165) is 23.2 Å². The standard InChI is InChI=1S/C13H16N2OS.2ClH/c1-16-4-2-11-12(9-3-5-17-8-9)6-10(14)7-13(11)15;;/h3,5-8H,2,4,14-15H2,1H3;2*1H. The number of anilines is 2. The van der Waals surface area contributed by atoms with Crippen molar-refractivity contribution in [3.05, 3.63) is 34.5 Å². The van der Waals surface area contributed by atoms with E-state index in [2.05, 4.69) is 16.8 Å². The van der Waals surface area contributed by atoms with Gasteiger partial charge in [-0.25, -0.2) is 0 Å². The maximum absolute atomic E-state index is 6.04. The van der Waals surface area contributed by atoms with Crippen LogP contribution in [0.2, 0.25) is 0 Å². The van der Waals surface area contributed by atoms with Crippen LogP contribution in [0.3, 0.4) is 0 Å². The van der Waals surface area contributed by atoms with E-state index >= 15 is 0 Å². The predicted octanol–water partition coefficient (Wildman–Crippen LogP) is 3.61. The summed E-state index contributed by atoms with van der Waals surface area (Å²) in [5.74, 6) is 0. The van der Waals surface area contributed by atoms with Crippen LogP contribution >= 0.6 is 36.2 Å². The first-order valence-corrected chi connectivity index (χ1v) is 6.36. The number of nitrogens with two attached hydrogens (primary N) is 2. The van der Waals surface area contributed by atoms with E-state index < -0.39 is 0 Å². The van der Waals surface area contributed by atoms with E-state index in [1.54, 1.807) is 24.5 Å². The van der Waals surface area contributed by atoms with Crippen molar-refractivity contribution in [2.24, 2.45) is 0 Å². The van der Waals surface area contributed by atoms with Crippen LogP contribution < -0.4 is 11.5 Å². The molecule has 0 aliphatic heterocycles. The molecule has 4 N–H and O–H groups in total. The highest BCUT2D eigenvalue weighted by Gasteiger charge is 2.10. The summed E-state index contributed by atoms with van der Waals surface area (Å²) in [6, 6.07) is 5.86. The second kappa shape index (κ2) is 8.27. The van der Waals surface area contributed by atoms with Gasteiger partial charge in [-0.2, -0.15) is 11.3 Å². The summed E-state index contributed by atoms with van der Waals surface area (Å²) in [7, 11) is 1.69. The number of nitrogen functional groups attached to an aromatic ring is 2. The lowest BCUT2D eigenvalue weighted by atomic mass is 9.97. The summed E-state index contributed by atoms with van der Waals surface area (Å²) in [5.41, 5.74) is 16.7. The highest BCUT2D eigenvalue weighted by atomic mass is 35.5. The van der Waals surface area contributed by atoms with E-state index in [4.69, 9.17) is 16.2 Å². The van der Waals surface area contributed by atoms with Crippen molar-refractivity contribution >= 4 is 47.5 Å². The number of hydrogen-bond acceptors (Lipinski definition) is 4. The van der Waals surface area contributed by atoms with E-state index in [-0.39, 0.29) is 24.8 Å². The average molecular weight is 321 g/mol.